The Morgan fingerprint density at radius 3 is 2.52 bits per heavy atom. The molecule has 2 heterocycles. The van der Waals surface area contributed by atoms with Gasteiger partial charge in [0.05, 0.1) is 0 Å². The lowest BCUT2D eigenvalue weighted by atomic mass is 10.0. The number of hydrogen-bond donors (Lipinski definition) is 1. The summed E-state index contributed by atoms with van der Waals surface area (Å²) in [7, 11) is 0. The topological polar surface area (TPSA) is 92.8 Å². The van der Waals surface area contributed by atoms with Gasteiger partial charge in [-0.25, -0.2) is 9.18 Å². The van der Waals surface area contributed by atoms with Gasteiger partial charge in [-0.1, -0.05) is 19.1 Å². The number of nitrogens with one attached hydrogen (secondary N) is 1. The number of ether oxygens (including phenoxy) is 1. The van der Waals surface area contributed by atoms with Crippen molar-refractivity contribution in [2.24, 2.45) is 0 Å². The molecule has 2 fully saturated rings. The average Bonchev–Trinajstić information content (AvgIpc) is 3.37. The number of benzene rings is 2. The second kappa shape index (κ2) is 9.35. The van der Waals surface area contributed by atoms with E-state index in [2.05, 4.69) is 5.32 Å². The van der Waals surface area contributed by atoms with Crippen molar-refractivity contribution in [1.29, 1.82) is 0 Å². The SMILES string of the molecule is CCC(=O)Nc1ccc(C(=O)COC(=O)[C@H]2CS[C@@]3(c4ccc(F)cc4)CCC(=O)N23)cc1. The molecule has 4 rings (SSSR count). The highest BCUT2D eigenvalue weighted by atomic mass is 32.2. The van der Waals surface area contributed by atoms with Crippen LogP contribution in [0, 0.1) is 5.82 Å². The Morgan fingerprint density at radius 2 is 1.85 bits per heavy atom. The van der Waals surface area contributed by atoms with E-state index >= 15 is 0 Å². The Bertz CT molecular complexity index is 1090. The highest BCUT2D eigenvalue weighted by molar-refractivity contribution is 8.00. The van der Waals surface area contributed by atoms with Crippen LogP contribution in [0.25, 0.3) is 0 Å². The number of carbonyl (C=O) groups excluding carboxylic acids is 4. The zero-order valence-electron chi connectivity index (χ0n) is 18.0. The van der Waals surface area contributed by atoms with Crippen molar-refractivity contribution in [1.82, 2.24) is 4.90 Å². The van der Waals surface area contributed by atoms with Crippen molar-refractivity contribution in [3.05, 3.63) is 65.5 Å². The summed E-state index contributed by atoms with van der Waals surface area (Å²) in [5.74, 6) is -1.36. The van der Waals surface area contributed by atoms with E-state index in [9.17, 15) is 23.6 Å². The molecule has 33 heavy (non-hydrogen) atoms. The summed E-state index contributed by atoms with van der Waals surface area (Å²) in [6.07, 6.45) is 1.15. The number of thioether (sulfide) groups is 1. The molecule has 2 amide bonds. The van der Waals surface area contributed by atoms with Gasteiger partial charge in [0.2, 0.25) is 11.8 Å². The Kier molecular flexibility index (Phi) is 6.51. The molecule has 0 saturated carbocycles. The van der Waals surface area contributed by atoms with Gasteiger partial charge >= 0.3 is 5.97 Å². The summed E-state index contributed by atoms with van der Waals surface area (Å²) < 4.78 is 18.7. The summed E-state index contributed by atoms with van der Waals surface area (Å²) in [5.41, 5.74) is 1.68. The van der Waals surface area contributed by atoms with E-state index in [-0.39, 0.29) is 29.8 Å². The number of Topliss-reactive ketones (excluding diaryl/α,β-unsaturated/α-hetero) is 1. The summed E-state index contributed by atoms with van der Waals surface area (Å²) in [6, 6.07) is 11.5. The van der Waals surface area contributed by atoms with Gasteiger partial charge in [0, 0.05) is 29.8 Å². The molecule has 2 aliphatic heterocycles. The predicted octanol–water partition coefficient (Wildman–Crippen LogP) is 3.49. The molecular formula is C24H23FN2O5S. The van der Waals surface area contributed by atoms with Crippen LogP contribution >= 0.6 is 11.8 Å². The van der Waals surface area contributed by atoms with E-state index in [4.69, 9.17) is 4.74 Å². The molecule has 2 aromatic rings. The zero-order valence-corrected chi connectivity index (χ0v) is 18.8. The monoisotopic (exact) mass is 470 g/mol. The fourth-order valence-electron chi connectivity index (χ4n) is 4.13. The predicted molar refractivity (Wildman–Crippen MR) is 121 cm³/mol. The van der Waals surface area contributed by atoms with Crippen LogP contribution in [0.1, 0.15) is 42.1 Å². The molecule has 2 aromatic carbocycles. The molecule has 2 aliphatic rings. The first-order valence-corrected chi connectivity index (χ1v) is 11.6. The number of amides is 2. The van der Waals surface area contributed by atoms with Crippen molar-refractivity contribution < 1.29 is 28.3 Å². The maximum absolute atomic E-state index is 13.4. The molecule has 7 nitrogen and oxygen atoms in total. The molecule has 0 bridgehead atoms. The minimum Gasteiger partial charge on any atom is -0.456 e. The van der Waals surface area contributed by atoms with Gasteiger partial charge in [-0.2, -0.15) is 0 Å². The molecular weight excluding hydrogens is 447 g/mol. The number of hydrogen-bond acceptors (Lipinski definition) is 6. The maximum atomic E-state index is 13.4. The van der Waals surface area contributed by atoms with E-state index in [1.807, 2.05) is 0 Å². The molecule has 0 spiro atoms. The smallest absolute Gasteiger partial charge is 0.330 e. The third-order valence-corrected chi connectivity index (χ3v) is 7.45. The lowest BCUT2D eigenvalue weighted by Gasteiger charge is -2.33. The van der Waals surface area contributed by atoms with Crippen molar-refractivity contribution >= 4 is 41.0 Å². The number of ketones is 1. The molecule has 2 saturated heterocycles. The molecule has 172 valence electrons. The maximum Gasteiger partial charge on any atom is 0.330 e. The number of fused-ring (bicyclic) bond motifs is 1. The van der Waals surface area contributed by atoms with Crippen molar-refractivity contribution in [3.8, 4) is 0 Å². The molecule has 9 heteroatoms. The quantitative estimate of drug-likeness (QED) is 0.492. The molecule has 0 unspecified atom stereocenters. The van der Waals surface area contributed by atoms with Crippen LogP contribution in [0.5, 0.6) is 0 Å². The standard InChI is InChI=1S/C24H23FN2O5S/c1-2-21(29)26-18-9-3-15(4-10-18)20(28)13-32-23(31)19-14-33-24(12-11-22(30)27(19)24)16-5-7-17(25)8-6-16/h3-10,19H,2,11-14H2,1H3,(H,26,29)/t19-,24-/m1/s1. The average molecular weight is 471 g/mol. The zero-order chi connectivity index (χ0) is 23.6. The number of halogens is 1. The van der Waals surface area contributed by atoms with E-state index in [1.165, 1.54) is 28.8 Å². The van der Waals surface area contributed by atoms with Crippen molar-refractivity contribution in [2.45, 2.75) is 37.1 Å². The van der Waals surface area contributed by atoms with Gasteiger partial charge in [0.15, 0.2) is 12.4 Å². The first kappa shape index (κ1) is 23.0. The van der Waals surface area contributed by atoms with Gasteiger partial charge in [-0.05, 0) is 48.4 Å². The first-order chi connectivity index (χ1) is 15.8. The molecule has 1 N–H and O–H groups in total. The summed E-state index contributed by atoms with van der Waals surface area (Å²) in [5, 5.41) is 2.69. The molecule has 0 radical (unpaired) electrons. The minimum absolute atomic E-state index is 0.134. The number of anilines is 1. The van der Waals surface area contributed by atoms with Crippen molar-refractivity contribution in [2.75, 3.05) is 17.7 Å². The summed E-state index contributed by atoms with van der Waals surface area (Å²) in [4.78, 5) is 50.2. The summed E-state index contributed by atoms with van der Waals surface area (Å²) >= 11 is 1.46. The van der Waals surface area contributed by atoms with Gasteiger partial charge in [-0.3, -0.25) is 14.4 Å². The third-order valence-electron chi connectivity index (χ3n) is 5.85. The second-order valence-electron chi connectivity index (χ2n) is 7.89. The van der Waals surface area contributed by atoms with Crippen LogP contribution in [0.15, 0.2) is 48.5 Å². The first-order valence-electron chi connectivity index (χ1n) is 10.7. The van der Waals surface area contributed by atoms with E-state index < -0.39 is 23.5 Å². The largest absolute Gasteiger partial charge is 0.456 e. The van der Waals surface area contributed by atoms with Crippen LogP contribution in [0.2, 0.25) is 0 Å². The van der Waals surface area contributed by atoms with Gasteiger partial charge in [-0.15, -0.1) is 11.8 Å². The molecule has 0 aliphatic carbocycles. The van der Waals surface area contributed by atoms with Crippen LogP contribution < -0.4 is 5.32 Å². The van der Waals surface area contributed by atoms with Gasteiger partial charge in [0.25, 0.3) is 0 Å². The fraction of sp³-hybridized carbons (Fsp3) is 0.333. The summed E-state index contributed by atoms with van der Waals surface area (Å²) in [6.45, 7) is 1.29. The number of carbonyl (C=O) groups is 4. The van der Waals surface area contributed by atoms with Gasteiger partial charge < -0.3 is 15.0 Å². The van der Waals surface area contributed by atoms with Crippen LogP contribution in [-0.2, 0) is 24.0 Å². The number of rotatable bonds is 7. The van der Waals surface area contributed by atoms with Gasteiger partial charge in [0.1, 0.15) is 16.7 Å². The second-order valence-corrected chi connectivity index (χ2v) is 9.19. The van der Waals surface area contributed by atoms with Crippen molar-refractivity contribution in [3.63, 3.8) is 0 Å². The van der Waals surface area contributed by atoms with E-state index in [0.717, 1.165) is 5.56 Å². The Hall–Kier alpha value is -3.20. The minimum atomic E-state index is -0.811. The molecule has 2 atom stereocenters. The van der Waals surface area contributed by atoms with E-state index in [0.29, 0.717) is 29.8 Å². The fourth-order valence-corrected chi connectivity index (χ4v) is 5.77. The van der Waals surface area contributed by atoms with E-state index in [1.54, 1.807) is 43.3 Å². The number of nitrogens with zero attached hydrogens (tertiary/aromatic N) is 1. The highest BCUT2D eigenvalue weighted by Crippen LogP contribution is 2.54. The lowest BCUT2D eigenvalue weighted by Crippen LogP contribution is -2.47. The normalized spacial score (nSPS) is 21.6. The van der Waals surface area contributed by atoms with Crippen LogP contribution in [-0.4, -0.2) is 46.9 Å². The molecule has 0 aromatic heterocycles. The Morgan fingerprint density at radius 1 is 1.15 bits per heavy atom. The highest BCUT2D eigenvalue weighted by Gasteiger charge is 2.57. The van der Waals surface area contributed by atoms with Crippen LogP contribution in [0.4, 0.5) is 10.1 Å². The number of esters is 1. The lowest BCUT2D eigenvalue weighted by molar-refractivity contribution is -0.152. The Balaban J connectivity index is 1.40. The Labute approximate surface area is 194 Å². The third kappa shape index (κ3) is 4.50. The van der Waals surface area contributed by atoms with Crippen LogP contribution in [0.3, 0.4) is 0 Å².